The van der Waals surface area contributed by atoms with Crippen LogP contribution in [-0.2, 0) is 19.2 Å². The van der Waals surface area contributed by atoms with Crippen LogP contribution in [0.5, 0.6) is 5.75 Å². The van der Waals surface area contributed by atoms with Gasteiger partial charge in [0.15, 0.2) is 11.4 Å². The Morgan fingerprint density at radius 2 is 1.78 bits per heavy atom. The number of ketones is 3. The lowest BCUT2D eigenvalue weighted by molar-refractivity contribution is -0.170. The zero-order chi connectivity index (χ0) is 27.6. The number of nitrogens with two attached hydrogens (primary N) is 1. The first-order valence-electron chi connectivity index (χ1n) is 12.0. The first-order valence-corrected chi connectivity index (χ1v) is 12.0. The number of phenols is 1. The molecule has 0 aliphatic heterocycles. The van der Waals surface area contributed by atoms with Crippen LogP contribution in [-0.4, -0.2) is 85.5 Å². The van der Waals surface area contributed by atoms with E-state index in [1.54, 1.807) is 6.07 Å². The van der Waals surface area contributed by atoms with Crippen molar-refractivity contribution in [3.05, 3.63) is 46.2 Å². The summed E-state index contributed by atoms with van der Waals surface area (Å²) < 4.78 is 0. The minimum atomic E-state index is -2.99. The van der Waals surface area contributed by atoms with Gasteiger partial charge in [-0.15, -0.1) is 0 Å². The first-order chi connectivity index (χ1) is 17.3. The SMILES string of the molecule is CCCC(=O)C[C@@H]1c2cccc(O)c2C(O)=C2C(=O)[C@@]3(O)C(O)=C(C(N)=O)C(=O)[C@H](N(C)C)[C@H]3[C@H](O)[C@H]21. The molecule has 37 heavy (non-hydrogen) atoms. The Balaban J connectivity index is 2.04. The summed E-state index contributed by atoms with van der Waals surface area (Å²) in [6, 6.07) is 2.87. The number of likely N-dealkylation sites (N-methyl/N-ethyl adjacent to an activating group) is 1. The first kappa shape index (κ1) is 26.5. The molecule has 0 spiro atoms. The molecule has 1 amide bonds. The predicted octanol–water partition coefficient (Wildman–Crippen LogP) is 0.235. The fraction of sp³-hybridized carbons (Fsp3) is 0.462. The van der Waals surface area contributed by atoms with Crippen LogP contribution in [0.3, 0.4) is 0 Å². The number of carbonyl (C=O) groups is 4. The van der Waals surface area contributed by atoms with Crippen molar-refractivity contribution in [2.45, 2.75) is 49.9 Å². The Labute approximate surface area is 212 Å². The van der Waals surface area contributed by atoms with Crippen molar-refractivity contribution >= 4 is 29.0 Å². The molecule has 0 bridgehead atoms. The Bertz CT molecular complexity index is 1280. The third-order valence-electron chi connectivity index (χ3n) is 7.77. The fourth-order valence-electron chi connectivity index (χ4n) is 6.26. The highest BCUT2D eigenvalue weighted by Gasteiger charge is 2.68. The molecule has 1 fully saturated rings. The molecule has 6 atom stereocenters. The van der Waals surface area contributed by atoms with Crippen LogP contribution < -0.4 is 5.73 Å². The molecule has 11 heteroatoms. The molecule has 1 aromatic carbocycles. The maximum Gasteiger partial charge on any atom is 0.255 e. The molecule has 1 saturated carbocycles. The maximum atomic E-state index is 14.0. The normalized spacial score (nSPS) is 31.2. The summed E-state index contributed by atoms with van der Waals surface area (Å²) in [5, 5.41) is 56.1. The lowest BCUT2D eigenvalue weighted by Gasteiger charge is -2.54. The van der Waals surface area contributed by atoms with Gasteiger partial charge in [-0.05, 0) is 32.1 Å². The molecule has 0 radical (unpaired) electrons. The second kappa shape index (κ2) is 9.09. The van der Waals surface area contributed by atoms with Gasteiger partial charge in [0.25, 0.3) is 5.91 Å². The van der Waals surface area contributed by atoms with Crippen LogP contribution >= 0.6 is 0 Å². The van der Waals surface area contributed by atoms with Gasteiger partial charge in [-0.1, -0.05) is 19.1 Å². The van der Waals surface area contributed by atoms with E-state index in [1.807, 2.05) is 6.92 Å². The minimum Gasteiger partial charge on any atom is -0.508 e. The number of hydrogen-bond acceptors (Lipinski definition) is 10. The van der Waals surface area contributed by atoms with Crippen LogP contribution in [0.2, 0.25) is 0 Å². The van der Waals surface area contributed by atoms with Crippen molar-refractivity contribution in [2.24, 2.45) is 17.6 Å². The molecular weight excluding hydrogens is 484 g/mol. The van der Waals surface area contributed by atoms with E-state index in [9.17, 15) is 44.7 Å². The highest BCUT2D eigenvalue weighted by Crippen LogP contribution is 2.56. The lowest BCUT2D eigenvalue weighted by atomic mass is 9.53. The number of rotatable bonds is 6. The highest BCUT2D eigenvalue weighted by molar-refractivity contribution is 6.24. The van der Waals surface area contributed by atoms with Gasteiger partial charge >= 0.3 is 0 Å². The van der Waals surface area contributed by atoms with E-state index in [0.717, 1.165) is 0 Å². The van der Waals surface area contributed by atoms with E-state index in [-0.39, 0.29) is 24.2 Å². The molecule has 0 saturated heterocycles. The molecule has 198 valence electrons. The quantitative estimate of drug-likeness (QED) is 0.286. The maximum absolute atomic E-state index is 14.0. The van der Waals surface area contributed by atoms with E-state index in [4.69, 9.17) is 5.73 Å². The minimum absolute atomic E-state index is 0.139. The van der Waals surface area contributed by atoms with Gasteiger partial charge < -0.3 is 31.3 Å². The number of carbonyl (C=O) groups excluding carboxylic acids is 4. The van der Waals surface area contributed by atoms with Crippen LogP contribution in [0.15, 0.2) is 35.1 Å². The number of nitrogens with zero attached hydrogens (tertiary/aromatic N) is 1. The third-order valence-corrected chi connectivity index (χ3v) is 7.77. The molecule has 3 aliphatic rings. The number of benzene rings is 1. The van der Waals surface area contributed by atoms with E-state index >= 15 is 0 Å². The van der Waals surface area contributed by atoms with Crippen molar-refractivity contribution in [3.8, 4) is 5.75 Å². The molecule has 1 aromatic rings. The molecule has 11 nitrogen and oxygen atoms in total. The number of aliphatic hydroxyl groups excluding tert-OH is 3. The number of aliphatic hydroxyl groups is 4. The number of fused-ring (bicyclic) bond motifs is 3. The predicted molar refractivity (Wildman–Crippen MR) is 129 cm³/mol. The van der Waals surface area contributed by atoms with Crippen molar-refractivity contribution in [1.82, 2.24) is 4.90 Å². The molecular formula is C26H30N2O9. The van der Waals surface area contributed by atoms with Crippen molar-refractivity contribution in [3.63, 3.8) is 0 Å². The van der Waals surface area contributed by atoms with Gasteiger partial charge in [0.1, 0.15) is 28.6 Å². The van der Waals surface area contributed by atoms with Gasteiger partial charge in [-0.3, -0.25) is 24.1 Å². The number of hydrogen-bond donors (Lipinski definition) is 6. The highest BCUT2D eigenvalue weighted by atomic mass is 16.4. The van der Waals surface area contributed by atoms with Crippen molar-refractivity contribution in [2.75, 3.05) is 14.1 Å². The molecule has 3 aliphatic carbocycles. The summed E-state index contributed by atoms with van der Waals surface area (Å²) in [7, 11) is 2.86. The standard InChI is InChI=1S/C26H30N2O9/c1-4-6-10(29)9-12-11-7-5-8-13(30)14(11)20(31)16-15(12)21(32)18-19(28(2)3)22(33)17(25(27)36)24(35)26(18,37)23(16)34/h5,7-8,12,15,18-19,21,30-32,35,37H,4,6,9H2,1-3H3,(H2,27,36)/t12-,15+,18+,19-,21-,26-/m1/s1. The second-order valence-corrected chi connectivity index (χ2v) is 10.1. The Morgan fingerprint density at radius 3 is 2.35 bits per heavy atom. The Kier molecular flexibility index (Phi) is 6.51. The van der Waals surface area contributed by atoms with Gasteiger partial charge in [0, 0.05) is 30.3 Å². The van der Waals surface area contributed by atoms with Crippen LogP contribution in [0, 0.1) is 11.8 Å². The third kappa shape index (κ3) is 3.60. The topological polar surface area (TPSA) is 199 Å². The molecule has 0 unspecified atom stereocenters. The summed E-state index contributed by atoms with van der Waals surface area (Å²) in [4.78, 5) is 53.4. The number of phenolic OH excluding ortho intramolecular Hbond substituents is 1. The molecule has 0 heterocycles. The zero-order valence-electron chi connectivity index (χ0n) is 20.6. The van der Waals surface area contributed by atoms with Gasteiger partial charge in [0.05, 0.1) is 23.6 Å². The van der Waals surface area contributed by atoms with Crippen molar-refractivity contribution in [1.29, 1.82) is 0 Å². The van der Waals surface area contributed by atoms with E-state index in [1.165, 1.54) is 31.1 Å². The fourth-order valence-corrected chi connectivity index (χ4v) is 6.26. The van der Waals surface area contributed by atoms with Crippen LogP contribution in [0.25, 0.3) is 5.76 Å². The largest absolute Gasteiger partial charge is 0.508 e. The number of Topliss-reactive ketones (excluding diaryl/α,β-unsaturated/α-hetero) is 3. The summed E-state index contributed by atoms with van der Waals surface area (Å²) in [6.45, 7) is 1.82. The zero-order valence-corrected chi connectivity index (χ0v) is 20.6. The van der Waals surface area contributed by atoms with Gasteiger partial charge in [-0.25, -0.2) is 0 Å². The monoisotopic (exact) mass is 514 g/mol. The molecule has 7 N–H and O–H groups in total. The average molecular weight is 515 g/mol. The Hall–Kier alpha value is -3.54. The number of primary amides is 1. The smallest absolute Gasteiger partial charge is 0.255 e. The number of amides is 1. The van der Waals surface area contributed by atoms with Crippen molar-refractivity contribution < 1.29 is 44.7 Å². The van der Waals surface area contributed by atoms with E-state index in [2.05, 4.69) is 0 Å². The molecule has 4 rings (SSSR count). The summed E-state index contributed by atoms with van der Waals surface area (Å²) >= 11 is 0. The molecule has 0 aromatic heterocycles. The van der Waals surface area contributed by atoms with Crippen LogP contribution in [0.1, 0.15) is 43.2 Å². The van der Waals surface area contributed by atoms with Gasteiger partial charge in [-0.2, -0.15) is 0 Å². The second-order valence-electron chi connectivity index (χ2n) is 10.1. The average Bonchev–Trinajstić information content (AvgIpc) is 2.80. The Morgan fingerprint density at radius 1 is 1.14 bits per heavy atom. The summed E-state index contributed by atoms with van der Waals surface area (Å²) in [5.74, 6) is -10.1. The van der Waals surface area contributed by atoms with Crippen LogP contribution in [0.4, 0.5) is 0 Å². The summed E-state index contributed by atoms with van der Waals surface area (Å²) in [5.41, 5.74) is 0.989. The summed E-state index contributed by atoms with van der Waals surface area (Å²) in [6.07, 6.45) is -1.14. The van der Waals surface area contributed by atoms with Gasteiger partial charge in [0.2, 0.25) is 5.78 Å². The van der Waals surface area contributed by atoms with E-state index in [0.29, 0.717) is 12.0 Å². The number of aromatic hydroxyl groups is 1. The van der Waals surface area contributed by atoms with E-state index < -0.39 is 81.4 Å². The lowest BCUT2D eigenvalue weighted by Crippen LogP contribution is -2.70.